The van der Waals surface area contributed by atoms with Gasteiger partial charge in [-0.25, -0.2) is 0 Å². The van der Waals surface area contributed by atoms with E-state index in [0.717, 1.165) is 5.56 Å². The Morgan fingerprint density at radius 1 is 1.35 bits per heavy atom. The molecule has 1 N–H and O–H groups in total. The summed E-state index contributed by atoms with van der Waals surface area (Å²) in [6.07, 6.45) is -0.544. The zero-order chi connectivity index (χ0) is 14.4. The molecule has 0 radical (unpaired) electrons. The molecule has 1 aromatic rings. The van der Waals surface area contributed by atoms with Crippen LogP contribution in [0.25, 0.3) is 0 Å². The average Bonchev–Trinajstić information content (AvgIpc) is 2.42. The first-order chi connectivity index (χ1) is 9.65. The zero-order valence-electron chi connectivity index (χ0n) is 11.5. The van der Waals surface area contributed by atoms with Crippen LogP contribution in [0.4, 0.5) is 0 Å². The van der Waals surface area contributed by atoms with Crippen LogP contribution in [0.1, 0.15) is 25.3 Å². The lowest BCUT2D eigenvalue weighted by Gasteiger charge is -2.33. The van der Waals surface area contributed by atoms with E-state index in [1.165, 1.54) is 6.92 Å². The van der Waals surface area contributed by atoms with Crippen molar-refractivity contribution in [2.75, 3.05) is 6.61 Å². The van der Waals surface area contributed by atoms with Gasteiger partial charge in [-0.3, -0.25) is 4.79 Å². The van der Waals surface area contributed by atoms with Crippen LogP contribution >= 0.6 is 0 Å². The highest BCUT2D eigenvalue weighted by atomic mass is 16.6. The first kappa shape index (κ1) is 15.0. The van der Waals surface area contributed by atoms with Crippen LogP contribution in [0.2, 0.25) is 0 Å². The average molecular weight is 280 g/mol. The predicted octanol–water partition coefficient (Wildman–Crippen LogP) is 1.63. The third kappa shape index (κ3) is 4.59. The number of benzene rings is 1. The molecule has 1 aliphatic heterocycles. The lowest BCUT2D eigenvalue weighted by molar-refractivity contribution is -0.222. The summed E-state index contributed by atoms with van der Waals surface area (Å²) in [6.45, 7) is 2.11. The molecule has 3 atom stereocenters. The quantitative estimate of drug-likeness (QED) is 0.830. The molecule has 0 saturated carbocycles. The summed E-state index contributed by atoms with van der Waals surface area (Å²) in [4.78, 5) is 11.1. The second-order valence-corrected chi connectivity index (χ2v) is 4.86. The van der Waals surface area contributed by atoms with Crippen molar-refractivity contribution in [3.63, 3.8) is 0 Å². The Labute approximate surface area is 118 Å². The van der Waals surface area contributed by atoms with Crippen molar-refractivity contribution >= 4 is 5.97 Å². The van der Waals surface area contributed by atoms with Crippen LogP contribution < -0.4 is 0 Å². The van der Waals surface area contributed by atoms with Crippen molar-refractivity contribution in [3.8, 4) is 0 Å². The highest BCUT2D eigenvalue weighted by Crippen LogP contribution is 2.21. The van der Waals surface area contributed by atoms with E-state index < -0.39 is 12.4 Å². The van der Waals surface area contributed by atoms with E-state index in [0.29, 0.717) is 19.4 Å². The van der Waals surface area contributed by atoms with Crippen LogP contribution in [0.15, 0.2) is 30.3 Å². The highest BCUT2D eigenvalue weighted by molar-refractivity contribution is 5.66. The van der Waals surface area contributed by atoms with Gasteiger partial charge in [0.2, 0.25) is 0 Å². The highest BCUT2D eigenvalue weighted by Gasteiger charge is 2.32. The van der Waals surface area contributed by atoms with Crippen LogP contribution in [-0.2, 0) is 25.6 Å². The van der Waals surface area contributed by atoms with Crippen LogP contribution in [0, 0.1) is 0 Å². The van der Waals surface area contributed by atoms with Gasteiger partial charge < -0.3 is 19.3 Å². The Morgan fingerprint density at radius 3 is 2.80 bits per heavy atom. The van der Waals surface area contributed by atoms with Crippen molar-refractivity contribution in [1.82, 2.24) is 0 Å². The fourth-order valence-corrected chi connectivity index (χ4v) is 2.21. The lowest BCUT2D eigenvalue weighted by Crippen LogP contribution is -2.43. The predicted molar refractivity (Wildman–Crippen MR) is 71.8 cm³/mol. The molecule has 0 unspecified atom stereocenters. The molecule has 5 heteroatoms. The van der Waals surface area contributed by atoms with E-state index in [4.69, 9.17) is 14.2 Å². The van der Waals surface area contributed by atoms with Crippen LogP contribution in [0.3, 0.4) is 0 Å². The van der Waals surface area contributed by atoms with E-state index in [1.807, 2.05) is 30.3 Å². The van der Waals surface area contributed by atoms with Crippen molar-refractivity contribution in [1.29, 1.82) is 0 Å². The van der Waals surface area contributed by atoms with Crippen molar-refractivity contribution in [3.05, 3.63) is 35.9 Å². The summed E-state index contributed by atoms with van der Waals surface area (Å²) in [5.74, 6) is -0.344. The van der Waals surface area contributed by atoms with Crippen molar-refractivity contribution in [2.45, 2.75) is 44.9 Å². The number of ether oxygens (including phenoxy) is 3. The third-order valence-electron chi connectivity index (χ3n) is 3.16. The Morgan fingerprint density at radius 2 is 2.10 bits per heavy atom. The fourth-order valence-electron chi connectivity index (χ4n) is 2.21. The van der Waals surface area contributed by atoms with E-state index in [9.17, 15) is 9.90 Å². The minimum Gasteiger partial charge on any atom is -0.460 e. The summed E-state index contributed by atoms with van der Waals surface area (Å²) < 4.78 is 16.2. The number of carbonyl (C=O) groups is 1. The van der Waals surface area contributed by atoms with E-state index in [1.54, 1.807) is 0 Å². The number of aliphatic hydroxyl groups excluding tert-OH is 1. The van der Waals surface area contributed by atoms with Crippen molar-refractivity contribution in [2.24, 2.45) is 0 Å². The summed E-state index contributed by atoms with van der Waals surface area (Å²) in [6, 6.07) is 9.78. The van der Waals surface area contributed by atoms with Gasteiger partial charge in [0.15, 0.2) is 6.29 Å². The van der Waals surface area contributed by atoms with Gasteiger partial charge in [0, 0.05) is 13.3 Å². The molecule has 0 aromatic heterocycles. The summed E-state index contributed by atoms with van der Waals surface area (Å²) in [5, 5.41) is 9.53. The maximum atomic E-state index is 11.1. The van der Waals surface area contributed by atoms with Crippen molar-refractivity contribution < 1.29 is 24.1 Å². The maximum Gasteiger partial charge on any atom is 0.302 e. The molecule has 1 fully saturated rings. The van der Waals surface area contributed by atoms with E-state index in [2.05, 4.69) is 0 Å². The molecule has 0 spiro atoms. The molecule has 0 aliphatic carbocycles. The fraction of sp³-hybridized carbons (Fsp3) is 0.533. The van der Waals surface area contributed by atoms with Gasteiger partial charge in [0.05, 0.1) is 13.2 Å². The standard InChI is InChI=1S/C15H20O5/c1-11(16)19-13-7-8-15(17)20-14(13)10-18-9-12-5-3-2-4-6-12/h2-6,13-15,17H,7-10H2,1H3/t13-,14-,15-/m1/s1. The molecule has 1 heterocycles. The minimum atomic E-state index is -0.813. The number of hydrogen-bond acceptors (Lipinski definition) is 5. The van der Waals surface area contributed by atoms with Gasteiger partial charge in [-0.2, -0.15) is 0 Å². The molecule has 0 bridgehead atoms. The number of esters is 1. The summed E-state index contributed by atoms with van der Waals surface area (Å²) in [7, 11) is 0. The van der Waals surface area contributed by atoms with Gasteiger partial charge in [0.25, 0.3) is 0 Å². The normalized spacial score (nSPS) is 26.2. The Balaban J connectivity index is 1.82. The summed E-state index contributed by atoms with van der Waals surface area (Å²) >= 11 is 0. The second-order valence-electron chi connectivity index (χ2n) is 4.86. The molecule has 20 heavy (non-hydrogen) atoms. The number of aliphatic hydroxyl groups is 1. The molecule has 5 nitrogen and oxygen atoms in total. The molecular weight excluding hydrogens is 260 g/mol. The van der Waals surface area contributed by atoms with Gasteiger partial charge in [-0.1, -0.05) is 30.3 Å². The molecule has 1 aliphatic rings. The van der Waals surface area contributed by atoms with Gasteiger partial charge in [-0.05, 0) is 12.0 Å². The second kappa shape index (κ2) is 7.38. The molecule has 1 aromatic carbocycles. The number of rotatable bonds is 5. The number of carbonyl (C=O) groups excluding carboxylic acids is 1. The smallest absolute Gasteiger partial charge is 0.302 e. The van der Waals surface area contributed by atoms with E-state index in [-0.39, 0.29) is 18.7 Å². The summed E-state index contributed by atoms with van der Waals surface area (Å²) in [5.41, 5.74) is 1.06. The molecule has 1 saturated heterocycles. The Kier molecular flexibility index (Phi) is 5.52. The lowest BCUT2D eigenvalue weighted by atomic mass is 10.1. The first-order valence-corrected chi connectivity index (χ1v) is 6.77. The van der Waals surface area contributed by atoms with Crippen LogP contribution in [-0.4, -0.2) is 36.2 Å². The SMILES string of the molecule is CC(=O)O[C@@H]1CC[C@H](O)O[C@@H]1COCc1ccccc1. The maximum absolute atomic E-state index is 11.1. The molecular formula is C15H20O5. The molecule has 110 valence electrons. The third-order valence-corrected chi connectivity index (χ3v) is 3.16. The first-order valence-electron chi connectivity index (χ1n) is 6.77. The molecule has 0 amide bonds. The largest absolute Gasteiger partial charge is 0.460 e. The van der Waals surface area contributed by atoms with Crippen LogP contribution in [0.5, 0.6) is 0 Å². The van der Waals surface area contributed by atoms with Gasteiger partial charge in [0.1, 0.15) is 12.2 Å². The Bertz CT molecular complexity index is 420. The zero-order valence-corrected chi connectivity index (χ0v) is 11.5. The number of hydrogen-bond donors (Lipinski definition) is 1. The van der Waals surface area contributed by atoms with E-state index >= 15 is 0 Å². The Hall–Kier alpha value is -1.43. The van der Waals surface area contributed by atoms with Gasteiger partial charge >= 0.3 is 5.97 Å². The topological polar surface area (TPSA) is 65.0 Å². The minimum absolute atomic E-state index is 0.282. The monoisotopic (exact) mass is 280 g/mol. The molecule has 2 rings (SSSR count). The van der Waals surface area contributed by atoms with Gasteiger partial charge in [-0.15, -0.1) is 0 Å².